The molecule has 100 valence electrons. The summed E-state index contributed by atoms with van der Waals surface area (Å²) in [6, 6.07) is 5.86. The fraction of sp³-hybridized carbons (Fsp3) is 0.571. The number of nitrogens with zero attached hydrogens (tertiary/aromatic N) is 1. The minimum Gasteiger partial charge on any atom is -0.369 e. The zero-order valence-electron chi connectivity index (χ0n) is 10.9. The second-order valence-electron chi connectivity index (χ2n) is 4.97. The summed E-state index contributed by atoms with van der Waals surface area (Å²) in [5.74, 6) is 0.403. The van der Waals surface area contributed by atoms with E-state index in [1.165, 1.54) is 6.07 Å². The maximum Gasteiger partial charge on any atom is 0.147 e. The van der Waals surface area contributed by atoms with E-state index in [9.17, 15) is 4.39 Å². The predicted octanol–water partition coefficient (Wildman–Crippen LogP) is 3.41. The summed E-state index contributed by atoms with van der Waals surface area (Å²) in [7, 11) is 0. The third-order valence-electron chi connectivity index (χ3n) is 3.62. The van der Waals surface area contributed by atoms with Gasteiger partial charge in [0.05, 0.1) is 5.69 Å². The van der Waals surface area contributed by atoms with Gasteiger partial charge < -0.3 is 10.2 Å². The third kappa shape index (κ3) is 3.04. The fourth-order valence-electron chi connectivity index (χ4n) is 2.67. The summed E-state index contributed by atoms with van der Waals surface area (Å²) in [4.78, 5) is 2.15. The first-order valence-corrected chi connectivity index (χ1v) is 7.34. The molecule has 0 radical (unpaired) electrons. The maximum atomic E-state index is 13.9. The van der Waals surface area contributed by atoms with Crippen LogP contribution in [0.5, 0.6) is 0 Å². The first-order chi connectivity index (χ1) is 8.61. The number of nitrogens with one attached hydrogen (secondary N) is 1. The Labute approximate surface area is 117 Å². The van der Waals surface area contributed by atoms with Crippen LogP contribution in [0.3, 0.4) is 0 Å². The summed E-state index contributed by atoms with van der Waals surface area (Å²) >= 11 is 3.29. The molecule has 2 atom stereocenters. The zero-order valence-corrected chi connectivity index (χ0v) is 12.5. The van der Waals surface area contributed by atoms with Crippen LogP contribution in [-0.4, -0.2) is 25.7 Å². The number of halogens is 2. The normalized spacial score (nSPS) is 24.3. The summed E-state index contributed by atoms with van der Waals surface area (Å²) in [6.45, 7) is 7.20. The molecule has 0 saturated carbocycles. The van der Waals surface area contributed by atoms with Crippen LogP contribution in [-0.2, 0) is 0 Å². The molecule has 1 saturated heterocycles. The molecule has 4 heteroatoms. The molecule has 1 aliphatic heterocycles. The van der Waals surface area contributed by atoms with Crippen molar-refractivity contribution in [1.29, 1.82) is 0 Å². The molecule has 0 bridgehead atoms. The summed E-state index contributed by atoms with van der Waals surface area (Å²) in [6.07, 6.45) is 1.07. The lowest BCUT2D eigenvalue weighted by Crippen LogP contribution is -2.48. The number of anilines is 1. The van der Waals surface area contributed by atoms with Gasteiger partial charge in [-0.15, -0.1) is 0 Å². The lowest BCUT2D eigenvalue weighted by Gasteiger charge is -2.38. The Morgan fingerprint density at radius 1 is 1.50 bits per heavy atom. The molecule has 1 aliphatic rings. The van der Waals surface area contributed by atoms with Gasteiger partial charge in [-0.25, -0.2) is 4.39 Å². The molecule has 1 heterocycles. The number of rotatable bonds is 3. The van der Waals surface area contributed by atoms with E-state index in [1.807, 2.05) is 12.1 Å². The van der Waals surface area contributed by atoms with Crippen molar-refractivity contribution in [3.8, 4) is 0 Å². The molecule has 0 amide bonds. The number of hydrogen-bond acceptors (Lipinski definition) is 2. The van der Waals surface area contributed by atoms with E-state index in [4.69, 9.17) is 0 Å². The van der Waals surface area contributed by atoms with Crippen molar-refractivity contribution in [2.45, 2.75) is 26.3 Å². The van der Waals surface area contributed by atoms with Crippen LogP contribution in [0.2, 0.25) is 0 Å². The second kappa shape index (κ2) is 6.02. The molecule has 1 N–H and O–H groups in total. The molecule has 2 unspecified atom stereocenters. The van der Waals surface area contributed by atoms with Crippen molar-refractivity contribution >= 4 is 21.6 Å². The first kappa shape index (κ1) is 13.8. The standard InChI is InChI=1S/C14H20BrFN2/c1-3-17-13-6-7-18(9-10(13)2)14-5-4-11(15)8-12(14)16/h4-5,8,10,13,17H,3,6-7,9H2,1-2H3. The quantitative estimate of drug-likeness (QED) is 0.919. The van der Waals surface area contributed by atoms with Gasteiger partial charge in [0, 0.05) is 23.6 Å². The summed E-state index contributed by atoms with van der Waals surface area (Å²) in [5.41, 5.74) is 0.722. The summed E-state index contributed by atoms with van der Waals surface area (Å²) < 4.78 is 14.7. The predicted molar refractivity (Wildman–Crippen MR) is 77.6 cm³/mol. The Morgan fingerprint density at radius 3 is 2.89 bits per heavy atom. The van der Waals surface area contributed by atoms with E-state index in [2.05, 4.69) is 40.0 Å². The van der Waals surface area contributed by atoms with Crippen molar-refractivity contribution in [2.24, 2.45) is 5.92 Å². The molecular formula is C14H20BrFN2. The average molecular weight is 315 g/mol. The van der Waals surface area contributed by atoms with Gasteiger partial charge in [-0.1, -0.05) is 29.8 Å². The number of piperidine rings is 1. The Hall–Kier alpha value is -0.610. The molecular weight excluding hydrogens is 295 g/mol. The van der Waals surface area contributed by atoms with Gasteiger partial charge >= 0.3 is 0 Å². The fourth-order valence-corrected chi connectivity index (χ4v) is 3.00. The monoisotopic (exact) mass is 314 g/mol. The molecule has 0 aromatic heterocycles. The number of benzene rings is 1. The minimum absolute atomic E-state index is 0.140. The van der Waals surface area contributed by atoms with E-state index in [-0.39, 0.29) is 5.82 Å². The van der Waals surface area contributed by atoms with Crippen molar-refractivity contribution in [1.82, 2.24) is 5.32 Å². The highest BCUT2D eigenvalue weighted by atomic mass is 79.9. The molecule has 1 aromatic carbocycles. The largest absolute Gasteiger partial charge is 0.369 e. The van der Waals surface area contributed by atoms with E-state index in [0.717, 1.165) is 36.2 Å². The van der Waals surface area contributed by atoms with E-state index < -0.39 is 0 Å². The molecule has 2 rings (SSSR count). The molecule has 0 aliphatic carbocycles. The second-order valence-corrected chi connectivity index (χ2v) is 5.89. The number of hydrogen-bond donors (Lipinski definition) is 1. The Bertz CT molecular complexity index is 411. The van der Waals surface area contributed by atoms with E-state index in [1.54, 1.807) is 0 Å². The van der Waals surface area contributed by atoms with Gasteiger partial charge in [0.25, 0.3) is 0 Å². The Morgan fingerprint density at radius 2 is 2.28 bits per heavy atom. The van der Waals surface area contributed by atoms with Crippen LogP contribution < -0.4 is 10.2 Å². The van der Waals surface area contributed by atoms with Crippen molar-refractivity contribution in [3.63, 3.8) is 0 Å². The molecule has 2 nitrogen and oxygen atoms in total. The highest BCUT2D eigenvalue weighted by Gasteiger charge is 2.26. The molecule has 0 spiro atoms. The molecule has 1 fully saturated rings. The smallest absolute Gasteiger partial charge is 0.147 e. The zero-order chi connectivity index (χ0) is 13.1. The highest BCUT2D eigenvalue weighted by molar-refractivity contribution is 9.10. The van der Waals surface area contributed by atoms with Crippen LogP contribution in [0.15, 0.2) is 22.7 Å². The minimum atomic E-state index is -0.140. The highest BCUT2D eigenvalue weighted by Crippen LogP contribution is 2.27. The van der Waals surface area contributed by atoms with Crippen LogP contribution >= 0.6 is 15.9 Å². The van der Waals surface area contributed by atoms with Crippen LogP contribution in [0.25, 0.3) is 0 Å². The van der Waals surface area contributed by atoms with Gasteiger partial charge in [-0.2, -0.15) is 0 Å². The first-order valence-electron chi connectivity index (χ1n) is 6.55. The van der Waals surface area contributed by atoms with E-state index >= 15 is 0 Å². The lowest BCUT2D eigenvalue weighted by atomic mass is 9.93. The topological polar surface area (TPSA) is 15.3 Å². The summed E-state index contributed by atoms with van der Waals surface area (Å²) in [5, 5.41) is 3.50. The van der Waals surface area contributed by atoms with Gasteiger partial charge in [-0.05, 0) is 37.1 Å². The van der Waals surface area contributed by atoms with Crippen molar-refractivity contribution < 1.29 is 4.39 Å². The van der Waals surface area contributed by atoms with Gasteiger partial charge in [0.2, 0.25) is 0 Å². The van der Waals surface area contributed by atoms with Gasteiger partial charge in [-0.3, -0.25) is 0 Å². The molecule has 18 heavy (non-hydrogen) atoms. The Kier molecular flexibility index (Phi) is 4.62. The van der Waals surface area contributed by atoms with Crippen molar-refractivity contribution in [2.75, 3.05) is 24.5 Å². The SMILES string of the molecule is CCNC1CCN(c2ccc(Br)cc2F)CC1C. The van der Waals surface area contributed by atoms with Crippen LogP contribution in [0.4, 0.5) is 10.1 Å². The average Bonchev–Trinajstić information content (AvgIpc) is 2.32. The Balaban J connectivity index is 2.07. The molecule has 1 aromatic rings. The van der Waals surface area contributed by atoms with Crippen LogP contribution in [0.1, 0.15) is 20.3 Å². The lowest BCUT2D eigenvalue weighted by molar-refractivity contribution is 0.325. The van der Waals surface area contributed by atoms with Gasteiger partial charge in [0.15, 0.2) is 0 Å². The maximum absolute atomic E-state index is 13.9. The van der Waals surface area contributed by atoms with Gasteiger partial charge in [0.1, 0.15) is 5.82 Å². The van der Waals surface area contributed by atoms with Crippen molar-refractivity contribution in [3.05, 3.63) is 28.5 Å². The van der Waals surface area contributed by atoms with E-state index in [0.29, 0.717) is 12.0 Å². The van der Waals surface area contributed by atoms with Crippen LogP contribution in [0, 0.1) is 11.7 Å². The third-order valence-corrected chi connectivity index (χ3v) is 4.12.